The van der Waals surface area contributed by atoms with Gasteiger partial charge in [0.1, 0.15) is 0 Å². The Balaban J connectivity index is 2.65. The SMILES string of the molecule is C=C1CNCC1=C. The summed E-state index contributed by atoms with van der Waals surface area (Å²) in [5.41, 5.74) is 2.31. The summed E-state index contributed by atoms with van der Waals surface area (Å²) in [7, 11) is 0. The molecule has 1 fully saturated rings. The fourth-order valence-corrected chi connectivity index (χ4v) is 0.614. The Morgan fingerprint density at radius 1 is 1.14 bits per heavy atom. The highest BCUT2D eigenvalue weighted by molar-refractivity contribution is 5.31. The zero-order valence-electron chi connectivity index (χ0n) is 4.33. The van der Waals surface area contributed by atoms with E-state index in [9.17, 15) is 0 Å². The van der Waals surface area contributed by atoms with Gasteiger partial charge in [0.2, 0.25) is 0 Å². The number of nitrogens with one attached hydrogen (secondary N) is 1. The number of rotatable bonds is 0. The van der Waals surface area contributed by atoms with Crippen molar-refractivity contribution in [2.75, 3.05) is 13.1 Å². The lowest BCUT2D eigenvalue weighted by Gasteiger charge is -1.85. The topological polar surface area (TPSA) is 12.0 Å². The van der Waals surface area contributed by atoms with Gasteiger partial charge in [-0.2, -0.15) is 0 Å². The average Bonchev–Trinajstić information content (AvgIpc) is 1.91. The van der Waals surface area contributed by atoms with Gasteiger partial charge in [-0.3, -0.25) is 0 Å². The summed E-state index contributed by atoms with van der Waals surface area (Å²) in [5.74, 6) is 0. The van der Waals surface area contributed by atoms with Gasteiger partial charge in [-0.05, 0) is 11.1 Å². The van der Waals surface area contributed by atoms with Crippen LogP contribution in [0.2, 0.25) is 0 Å². The highest BCUT2D eigenvalue weighted by Crippen LogP contribution is 2.07. The second-order valence-electron chi connectivity index (χ2n) is 1.81. The van der Waals surface area contributed by atoms with Gasteiger partial charge >= 0.3 is 0 Å². The molecule has 7 heavy (non-hydrogen) atoms. The van der Waals surface area contributed by atoms with Gasteiger partial charge < -0.3 is 5.32 Å². The van der Waals surface area contributed by atoms with E-state index in [-0.39, 0.29) is 0 Å². The van der Waals surface area contributed by atoms with Crippen LogP contribution in [0, 0.1) is 0 Å². The van der Waals surface area contributed by atoms with E-state index in [1.165, 1.54) is 0 Å². The van der Waals surface area contributed by atoms with Crippen molar-refractivity contribution in [3.63, 3.8) is 0 Å². The standard InChI is InChI=1S/C6H9N/c1-5-3-7-4-6(5)2/h7H,1-4H2. The molecular formula is C6H9N. The lowest BCUT2D eigenvalue weighted by atomic mass is 10.2. The average molecular weight is 95.1 g/mol. The zero-order valence-corrected chi connectivity index (χ0v) is 4.33. The van der Waals surface area contributed by atoms with E-state index in [2.05, 4.69) is 18.5 Å². The van der Waals surface area contributed by atoms with Gasteiger partial charge in [0, 0.05) is 13.1 Å². The molecule has 0 aromatic heterocycles. The lowest BCUT2D eigenvalue weighted by molar-refractivity contribution is 0.896. The van der Waals surface area contributed by atoms with E-state index >= 15 is 0 Å². The highest BCUT2D eigenvalue weighted by Gasteiger charge is 2.05. The van der Waals surface area contributed by atoms with Gasteiger partial charge in [-0.15, -0.1) is 0 Å². The Kier molecular flexibility index (Phi) is 0.988. The van der Waals surface area contributed by atoms with Crippen LogP contribution in [-0.4, -0.2) is 13.1 Å². The van der Waals surface area contributed by atoms with Crippen molar-refractivity contribution in [2.24, 2.45) is 0 Å². The van der Waals surface area contributed by atoms with Gasteiger partial charge in [-0.25, -0.2) is 0 Å². The number of hydrogen-bond donors (Lipinski definition) is 1. The maximum absolute atomic E-state index is 3.77. The summed E-state index contributed by atoms with van der Waals surface area (Å²) in [6, 6.07) is 0. The van der Waals surface area contributed by atoms with Crippen molar-refractivity contribution in [3.05, 3.63) is 24.3 Å². The molecule has 0 saturated carbocycles. The molecule has 0 radical (unpaired) electrons. The van der Waals surface area contributed by atoms with Crippen LogP contribution >= 0.6 is 0 Å². The van der Waals surface area contributed by atoms with Gasteiger partial charge in [0.15, 0.2) is 0 Å². The van der Waals surface area contributed by atoms with Crippen molar-refractivity contribution in [1.82, 2.24) is 5.32 Å². The molecule has 1 heterocycles. The number of hydrogen-bond acceptors (Lipinski definition) is 1. The van der Waals surface area contributed by atoms with Crippen molar-refractivity contribution in [3.8, 4) is 0 Å². The molecule has 0 unspecified atom stereocenters. The summed E-state index contributed by atoms with van der Waals surface area (Å²) in [6.07, 6.45) is 0. The van der Waals surface area contributed by atoms with E-state index in [1.807, 2.05) is 0 Å². The Labute approximate surface area is 43.7 Å². The van der Waals surface area contributed by atoms with E-state index in [0.717, 1.165) is 24.2 Å². The molecule has 0 aliphatic carbocycles. The van der Waals surface area contributed by atoms with Crippen LogP contribution in [0.25, 0.3) is 0 Å². The molecule has 1 saturated heterocycles. The fourth-order valence-electron chi connectivity index (χ4n) is 0.614. The Morgan fingerprint density at radius 2 is 1.57 bits per heavy atom. The molecule has 0 aromatic rings. The molecule has 1 aliphatic heterocycles. The maximum atomic E-state index is 3.77. The van der Waals surface area contributed by atoms with Crippen LogP contribution in [0.15, 0.2) is 24.3 Å². The molecule has 0 aromatic carbocycles. The first kappa shape index (κ1) is 4.60. The molecular weight excluding hydrogens is 86.1 g/mol. The molecule has 0 bridgehead atoms. The van der Waals surface area contributed by atoms with Crippen LogP contribution in [0.5, 0.6) is 0 Å². The molecule has 0 amide bonds. The minimum Gasteiger partial charge on any atom is -0.309 e. The molecule has 1 N–H and O–H groups in total. The summed E-state index contributed by atoms with van der Waals surface area (Å²) < 4.78 is 0. The van der Waals surface area contributed by atoms with Crippen LogP contribution in [0.4, 0.5) is 0 Å². The first-order chi connectivity index (χ1) is 3.30. The molecule has 1 heteroatoms. The van der Waals surface area contributed by atoms with E-state index < -0.39 is 0 Å². The smallest absolute Gasteiger partial charge is 0.0205 e. The first-order valence-electron chi connectivity index (χ1n) is 2.37. The second kappa shape index (κ2) is 1.51. The molecule has 38 valence electrons. The Morgan fingerprint density at radius 3 is 1.71 bits per heavy atom. The summed E-state index contributed by atoms with van der Waals surface area (Å²) >= 11 is 0. The van der Waals surface area contributed by atoms with Crippen LogP contribution in [0.1, 0.15) is 0 Å². The third-order valence-corrected chi connectivity index (χ3v) is 1.18. The maximum Gasteiger partial charge on any atom is 0.0205 e. The van der Waals surface area contributed by atoms with Gasteiger partial charge in [0.25, 0.3) is 0 Å². The molecule has 1 aliphatic rings. The van der Waals surface area contributed by atoms with Gasteiger partial charge in [-0.1, -0.05) is 13.2 Å². The summed E-state index contributed by atoms with van der Waals surface area (Å²) in [4.78, 5) is 0. The Bertz CT molecular complexity index is 99.3. The second-order valence-corrected chi connectivity index (χ2v) is 1.81. The monoisotopic (exact) mass is 95.1 g/mol. The van der Waals surface area contributed by atoms with E-state index in [4.69, 9.17) is 0 Å². The Hall–Kier alpha value is -0.560. The minimum absolute atomic E-state index is 0.929. The summed E-state index contributed by atoms with van der Waals surface area (Å²) in [6.45, 7) is 9.41. The molecule has 1 rings (SSSR count). The van der Waals surface area contributed by atoms with Crippen molar-refractivity contribution in [2.45, 2.75) is 0 Å². The van der Waals surface area contributed by atoms with Crippen LogP contribution in [-0.2, 0) is 0 Å². The third kappa shape index (κ3) is 0.722. The zero-order chi connectivity index (χ0) is 5.28. The fraction of sp³-hybridized carbons (Fsp3) is 0.333. The predicted octanol–water partition coefficient (Wildman–Crippen LogP) is 0.702. The van der Waals surface area contributed by atoms with Crippen molar-refractivity contribution < 1.29 is 0 Å². The quantitative estimate of drug-likeness (QED) is 0.467. The van der Waals surface area contributed by atoms with E-state index in [0.29, 0.717) is 0 Å². The largest absolute Gasteiger partial charge is 0.309 e. The van der Waals surface area contributed by atoms with Crippen molar-refractivity contribution >= 4 is 0 Å². The first-order valence-corrected chi connectivity index (χ1v) is 2.37. The normalized spacial score (nSPS) is 21.1. The van der Waals surface area contributed by atoms with Crippen LogP contribution in [0.3, 0.4) is 0 Å². The highest BCUT2D eigenvalue weighted by atomic mass is 14.9. The molecule has 0 atom stereocenters. The summed E-state index contributed by atoms with van der Waals surface area (Å²) in [5, 5.41) is 3.12. The molecule has 1 nitrogen and oxygen atoms in total. The van der Waals surface area contributed by atoms with Gasteiger partial charge in [0.05, 0.1) is 0 Å². The van der Waals surface area contributed by atoms with E-state index in [1.54, 1.807) is 0 Å². The lowest BCUT2D eigenvalue weighted by Crippen LogP contribution is -2.04. The van der Waals surface area contributed by atoms with Crippen LogP contribution < -0.4 is 5.32 Å². The van der Waals surface area contributed by atoms with Crippen molar-refractivity contribution in [1.29, 1.82) is 0 Å². The minimum atomic E-state index is 0.929. The third-order valence-electron chi connectivity index (χ3n) is 1.18. The molecule has 0 spiro atoms. The predicted molar refractivity (Wildman–Crippen MR) is 31.1 cm³/mol.